The standard InChI is InChI=1S/C29H27F3N4O4S/c1-15-3-9-19(10-4-15)41(38,39)36-14-21(20-11-18(30)13-33-28(20)36)26-22(31)12-23(32)27(35-26)34-25-17-7-5-16(6-8-17)24(25)29(37)40-2/h3-4,9-14,16-17,24-25H,5-8H2,1-2H3,(H,34,35)/t16?,17?,24-,25-/m0/s1. The molecule has 214 valence electrons. The van der Waals surface area contributed by atoms with E-state index in [4.69, 9.17) is 4.74 Å². The van der Waals surface area contributed by atoms with Crippen molar-refractivity contribution < 1.29 is 31.1 Å². The summed E-state index contributed by atoms with van der Waals surface area (Å²) < 4.78 is 77.8. The molecule has 3 fully saturated rings. The summed E-state index contributed by atoms with van der Waals surface area (Å²) in [4.78, 5) is 20.8. The van der Waals surface area contributed by atoms with E-state index in [-0.39, 0.29) is 44.8 Å². The van der Waals surface area contributed by atoms with E-state index in [1.54, 1.807) is 12.1 Å². The van der Waals surface area contributed by atoms with Crippen LogP contribution in [-0.4, -0.2) is 41.5 Å². The van der Waals surface area contributed by atoms with Crippen molar-refractivity contribution in [2.24, 2.45) is 17.8 Å². The van der Waals surface area contributed by atoms with Crippen molar-refractivity contribution in [2.75, 3.05) is 12.4 Å². The number of esters is 1. The average Bonchev–Trinajstić information content (AvgIpc) is 3.34. The number of carbonyl (C=O) groups excluding carboxylic acids is 1. The van der Waals surface area contributed by atoms with Gasteiger partial charge in [0.25, 0.3) is 10.0 Å². The first-order chi connectivity index (χ1) is 19.6. The predicted octanol–water partition coefficient (Wildman–Crippen LogP) is 5.45. The minimum atomic E-state index is -4.22. The van der Waals surface area contributed by atoms with Crippen LogP contribution in [0.4, 0.5) is 19.0 Å². The molecule has 41 heavy (non-hydrogen) atoms. The SMILES string of the molecule is COC(=O)[C@H]1C2CCC(CC2)[C@@H]1Nc1nc(-c2cn(S(=O)(=O)c3ccc(C)cc3)c3ncc(F)cc23)c(F)cc1F. The second-order valence-corrected chi connectivity index (χ2v) is 12.5. The summed E-state index contributed by atoms with van der Waals surface area (Å²) in [6.45, 7) is 1.81. The van der Waals surface area contributed by atoms with Crippen molar-refractivity contribution in [2.45, 2.75) is 43.5 Å². The number of ether oxygens (including phenoxy) is 1. The molecule has 12 heteroatoms. The van der Waals surface area contributed by atoms with Crippen molar-refractivity contribution in [3.05, 3.63) is 71.8 Å². The Hall–Kier alpha value is -3.93. The van der Waals surface area contributed by atoms with E-state index in [1.807, 2.05) is 6.92 Å². The van der Waals surface area contributed by atoms with Gasteiger partial charge in [0.15, 0.2) is 23.1 Å². The third-order valence-corrected chi connectivity index (χ3v) is 10.0. The Balaban J connectivity index is 1.47. The Labute approximate surface area is 234 Å². The maximum atomic E-state index is 15.3. The topological polar surface area (TPSA) is 103 Å². The zero-order valence-corrected chi connectivity index (χ0v) is 23.1. The van der Waals surface area contributed by atoms with Crippen LogP contribution in [0.5, 0.6) is 0 Å². The first kappa shape index (κ1) is 27.3. The molecule has 0 unspecified atom stereocenters. The van der Waals surface area contributed by atoms with Gasteiger partial charge in [-0.1, -0.05) is 17.7 Å². The number of aromatic nitrogens is 3. The lowest BCUT2D eigenvalue weighted by Gasteiger charge is -2.47. The highest BCUT2D eigenvalue weighted by atomic mass is 32.2. The fourth-order valence-electron chi connectivity index (χ4n) is 6.30. The molecule has 1 N–H and O–H groups in total. The molecule has 8 nitrogen and oxygen atoms in total. The number of pyridine rings is 2. The first-order valence-corrected chi connectivity index (χ1v) is 14.7. The fourth-order valence-corrected chi connectivity index (χ4v) is 7.62. The molecule has 3 aliphatic carbocycles. The number of halogens is 3. The largest absolute Gasteiger partial charge is 0.469 e. The Morgan fingerprint density at radius 2 is 1.71 bits per heavy atom. The second-order valence-electron chi connectivity index (χ2n) is 10.7. The molecule has 3 aliphatic rings. The van der Waals surface area contributed by atoms with Gasteiger partial charge in [-0.05, 0) is 62.6 Å². The number of carbonyl (C=O) groups is 1. The summed E-state index contributed by atoms with van der Waals surface area (Å²) in [5.74, 6) is -3.88. The summed E-state index contributed by atoms with van der Waals surface area (Å²) in [5, 5.41) is 3.02. The third-order valence-electron chi connectivity index (χ3n) is 8.34. The normalized spacial score (nSPS) is 22.2. The zero-order chi connectivity index (χ0) is 29.1. The molecule has 0 amide bonds. The van der Waals surface area contributed by atoms with Gasteiger partial charge in [0.05, 0.1) is 24.1 Å². The van der Waals surface area contributed by atoms with Crippen LogP contribution in [0.25, 0.3) is 22.3 Å². The minimum absolute atomic E-state index is 0.0196. The summed E-state index contributed by atoms with van der Waals surface area (Å²) in [7, 11) is -2.91. The molecule has 0 aliphatic heterocycles. The number of aryl methyl sites for hydroxylation is 1. The van der Waals surface area contributed by atoms with E-state index in [2.05, 4.69) is 15.3 Å². The summed E-state index contributed by atoms with van der Waals surface area (Å²) in [5.41, 5.74) is 0.232. The number of nitrogens with one attached hydrogen (secondary N) is 1. The molecule has 3 heterocycles. The maximum Gasteiger partial charge on any atom is 0.311 e. The number of methoxy groups -OCH3 is 1. The number of anilines is 1. The molecule has 0 spiro atoms. The highest BCUT2D eigenvalue weighted by Crippen LogP contribution is 2.47. The average molecular weight is 585 g/mol. The van der Waals surface area contributed by atoms with Gasteiger partial charge in [0, 0.05) is 29.3 Å². The summed E-state index contributed by atoms with van der Waals surface area (Å²) >= 11 is 0. The van der Waals surface area contributed by atoms with Crippen LogP contribution in [0.15, 0.2) is 53.7 Å². The zero-order valence-electron chi connectivity index (χ0n) is 22.3. The van der Waals surface area contributed by atoms with Gasteiger partial charge >= 0.3 is 5.97 Å². The van der Waals surface area contributed by atoms with Crippen LogP contribution in [0.1, 0.15) is 31.2 Å². The van der Waals surface area contributed by atoms with Crippen LogP contribution in [0.2, 0.25) is 0 Å². The van der Waals surface area contributed by atoms with Gasteiger partial charge < -0.3 is 10.1 Å². The number of hydrogen-bond donors (Lipinski definition) is 1. The van der Waals surface area contributed by atoms with E-state index >= 15 is 8.78 Å². The lowest BCUT2D eigenvalue weighted by Crippen LogP contribution is -2.52. The number of benzene rings is 1. The Bertz CT molecular complexity index is 1770. The number of nitrogens with zero attached hydrogens (tertiary/aromatic N) is 3. The maximum absolute atomic E-state index is 15.3. The van der Waals surface area contributed by atoms with E-state index < -0.39 is 45.4 Å². The van der Waals surface area contributed by atoms with Crippen LogP contribution >= 0.6 is 0 Å². The van der Waals surface area contributed by atoms with E-state index in [0.29, 0.717) is 6.07 Å². The molecule has 0 saturated heterocycles. The van der Waals surface area contributed by atoms with Gasteiger partial charge in [-0.2, -0.15) is 0 Å². The molecule has 3 aromatic heterocycles. The van der Waals surface area contributed by atoms with Crippen LogP contribution in [0, 0.1) is 42.1 Å². The molecular weight excluding hydrogens is 557 g/mol. The lowest BCUT2D eigenvalue weighted by atomic mass is 9.61. The van der Waals surface area contributed by atoms with Crippen LogP contribution in [0.3, 0.4) is 0 Å². The summed E-state index contributed by atoms with van der Waals surface area (Å²) in [6, 6.07) is 7.31. The number of hydrogen-bond acceptors (Lipinski definition) is 7. The van der Waals surface area contributed by atoms with Crippen molar-refractivity contribution >= 4 is 32.8 Å². The summed E-state index contributed by atoms with van der Waals surface area (Å²) in [6.07, 6.45) is 5.39. The molecule has 0 radical (unpaired) electrons. The highest BCUT2D eigenvalue weighted by Gasteiger charge is 2.48. The molecular formula is C29H27F3N4O4S. The third kappa shape index (κ3) is 4.63. The van der Waals surface area contributed by atoms with Gasteiger partial charge in [0.1, 0.15) is 11.5 Å². The van der Waals surface area contributed by atoms with Gasteiger partial charge in [-0.15, -0.1) is 0 Å². The number of fused-ring (bicyclic) bond motifs is 4. The van der Waals surface area contributed by atoms with Crippen LogP contribution < -0.4 is 5.32 Å². The van der Waals surface area contributed by atoms with E-state index in [1.165, 1.54) is 19.2 Å². The Morgan fingerprint density at radius 3 is 2.39 bits per heavy atom. The van der Waals surface area contributed by atoms with E-state index in [9.17, 15) is 17.6 Å². The number of rotatable bonds is 6. The Kier molecular flexibility index (Phi) is 6.75. The van der Waals surface area contributed by atoms with E-state index in [0.717, 1.165) is 53.7 Å². The highest BCUT2D eigenvalue weighted by molar-refractivity contribution is 7.90. The molecule has 4 aromatic rings. The lowest BCUT2D eigenvalue weighted by molar-refractivity contribution is -0.152. The van der Waals surface area contributed by atoms with Gasteiger partial charge in [-0.25, -0.2) is 35.5 Å². The van der Waals surface area contributed by atoms with Crippen molar-refractivity contribution in [3.63, 3.8) is 0 Å². The molecule has 1 aromatic carbocycles. The van der Waals surface area contributed by atoms with Crippen molar-refractivity contribution in [1.29, 1.82) is 0 Å². The van der Waals surface area contributed by atoms with Crippen LogP contribution in [-0.2, 0) is 19.6 Å². The quantitative estimate of drug-likeness (QED) is 0.301. The van der Waals surface area contributed by atoms with Gasteiger partial charge in [0.2, 0.25) is 0 Å². The predicted molar refractivity (Wildman–Crippen MR) is 145 cm³/mol. The molecule has 2 atom stereocenters. The second kappa shape index (κ2) is 10.2. The van der Waals surface area contributed by atoms with Crippen molar-refractivity contribution in [1.82, 2.24) is 13.9 Å². The Morgan fingerprint density at radius 1 is 1.02 bits per heavy atom. The molecule has 7 rings (SSSR count). The fraction of sp³-hybridized carbons (Fsp3) is 0.345. The first-order valence-electron chi connectivity index (χ1n) is 13.3. The monoisotopic (exact) mass is 584 g/mol. The van der Waals surface area contributed by atoms with Crippen molar-refractivity contribution in [3.8, 4) is 11.3 Å². The van der Waals surface area contributed by atoms with Gasteiger partial charge in [-0.3, -0.25) is 4.79 Å². The minimum Gasteiger partial charge on any atom is -0.469 e. The molecule has 3 saturated carbocycles. The smallest absolute Gasteiger partial charge is 0.311 e. The molecule has 2 bridgehead atoms.